The van der Waals surface area contributed by atoms with E-state index < -0.39 is 49.1 Å². The Bertz CT molecular complexity index is 1780. The molecule has 14 nitrogen and oxygen atoms in total. The lowest BCUT2D eigenvalue weighted by molar-refractivity contribution is -0.141. The third kappa shape index (κ3) is 8.92. The molecule has 0 saturated heterocycles. The van der Waals surface area contributed by atoms with E-state index in [4.69, 9.17) is 10.2 Å². The number of nitrogens with one attached hydrogen (secondary N) is 4. The fraction of sp³-hybridized carbons (Fsp3) is 0.278. The molecule has 8 N–H and O–H groups in total. The highest BCUT2D eigenvalue weighted by Crippen LogP contribution is 2.34. The smallest absolute Gasteiger partial charge is 0.323 e. The predicted molar refractivity (Wildman–Crippen MR) is 186 cm³/mol. The number of anilines is 2. The molecule has 2 heterocycles. The highest BCUT2D eigenvalue weighted by Gasteiger charge is 2.19. The van der Waals surface area contributed by atoms with Gasteiger partial charge in [0, 0.05) is 36.9 Å². The van der Waals surface area contributed by atoms with E-state index in [1.54, 1.807) is 38.1 Å². The number of hydrogen-bond donors (Lipinski definition) is 8. The lowest BCUT2D eigenvalue weighted by atomic mass is 9.94. The molecule has 0 radical (unpaired) electrons. The number of benzene rings is 2. The number of pyridine rings is 2. The minimum Gasteiger partial charge on any atom is -0.480 e. The Kier molecular flexibility index (Phi) is 12.5. The first-order chi connectivity index (χ1) is 23.8. The first kappa shape index (κ1) is 37.3. The number of amides is 2. The first-order valence-electron chi connectivity index (χ1n) is 15.7. The van der Waals surface area contributed by atoms with Crippen molar-refractivity contribution in [3.63, 3.8) is 0 Å². The van der Waals surface area contributed by atoms with Gasteiger partial charge < -0.3 is 31.1 Å². The Labute approximate surface area is 288 Å². The Balaban J connectivity index is 1.48. The van der Waals surface area contributed by atoms with Crippen LogP contribution >= 0.6 is 0 Å². The SMILES string of the molecule is Cc1cc(C(=O)Nc2cccc(-c3cccc(NC(=O)c4cc(C)c(CN[C@@H](CO)C(=O)O)cn4)c3C)c2C)ncc1CNC(CO)C(=O)O. The van der Waals surface area contributed by atoms with Gasteiger partial charge in [-0.15, -0.1) is 0 Å². The Morgan fingerprint density at radius 2 is 1.02 bits per heavy atom. The minimum atomic E-state index is -1.17. The van der Waals surface area contributed by atoms with E-state index in [9.17, 15) is 29.4 Å². The lowest BCUT2D eigenvalue weighted by Gasteiger charge is -2.17. The molecular weight excluding hydrogens is 644 g/mol. The summed E-state index contributed by atoms with van der Waals surface area (Å²) in [6.45, 7) is 6.52. The average Bonchev–Trinajstić information content (AvgIpc) is 3.08. The van der Waals surface area contributed by atoms with Crippen molar-refractivity contribution in [3.05, 3.63) is 106 Å². The second-order valence-corrected chi connectivity index (χ2v) is 11.8. The van der Waals surface area contributed by atoms with E-state index in [2.05, 4.69) is 31.2 Å². The molecule has 1 unspecified atom stereocenters. The van der Waals surface area contributed by atoms with Crippen LogP contribution in [0.4, 0.5) is 11.4 Å². The van der Waals surface area contributed by atoms with Crippen LogP contribution in [0.1, 0.15) is 54.4 Å². The maximum Gasteiger partial charge on any atom is 0.323 e. The molecule has 0 aliphatic heterocycles. The number of hydrogen-bond acceptors (Lipinski definition) is 10. The standard InChI is InChI=1S/C36H40N6O8/c1-19-11-29(37-13-23(19)15-39-31(17-43)35(47)48)33(45)41-27-9-5-7-25(21(27)3)26-8-6-10-28(22(26)4)42-34(46)30-12-20(2)24(14-38-30)16-40-32(18-44)36(49)50/h5-14,31-32,39-40,43-44H,15-18H2,1-4H3,(H,41,45)(H,42,46)(H,47,48)(H,49,50)/t31-,32?/m0/s1. The summed E-state index contributed by atoms with van der Waals surface area (Å²) in [6.07, 6.45) is 3.00. The molecule has 0 aliphatic carbocycles. The van der Waals surface area contributed by atoms with Gasteiger partial charge in [0.25, 0.3) is 11.8 Å². The molecule has 2 amide bonds. The summed E-state index contributed by atoms with van der Waals surface area (Å²) in [5, 5.41) is 48.1. The third-order valence-electron chi connectivity index (χ3n) is 8.40. The van der Waals surface area contributed by atoms with Crippen molar-refractivity contribution in [2.24, 2.45) is 0 Å². The van der Waals surface area contributed by atoms with E-state index in [1.165, 1.54) is 12.4 Å². The van der Waals surface area contributed by atoms with E-state index in [0.29, 0.717) is 22.5 Å². The summed E-state index contributed by atoms with van der Waals surface area (Å²) >= 11 is 0. The molecule has 0 fully saturated rings. The topological polar surface area (TPSA) is 223 Å². The molecule has 4 aromatic rings. The highest BCUT2D eigenvalue weighted by atomic mass is 16.4. The molecule has 0 spiro atoms. The van der Waals surface area contributed by atoms with Crippen molar-refractivity contribution in [2.45, 2.75) is 52.9 Å². The quantitative estimate of drug-likeness (QED) is 0.0905. The van der Waals surface area contributed by atoms with Crippen molar-refractivity contribution in [2.75, 3.05) is 23.8 Å². The Hall–Kier alpha value is -5.54. The van der Waals surface area contributed by atoms with Crippen LogP contribution in [0.3, 0.4) is 0 Å². The van der Waals surface area contributed by atoms with Gasteiger partial charge in [-0.25, -0.2) is 0 Å². The van der Waals surface area contributed by atoms with Crippen molar-refractivity contribution >= 4 is 35.1 Å². The van der Waals surface area contributed by atoms with Gasteiger partial charge in [-0.05, 0) is 96.5 Å². The summed E-state index contributed by atoms with van der Waals surface area (Å²) in [5.74, 6) is -3.19. The second kappa shape index (κ2) is 16.7. The first-order valence-corrected chi connectivity index (χ1v) is 15.7. The minimum absolute atomic E-state index is 0.154. The third-order valence-corrected chi connectivity index (χ3v) is 8.40. The molecule has 4 rings (SSSR count). The van der Waals surface area contributed by atoms with Gasteiger partial charge in [0.05, 0.1) is 13.2 Å². The number of carboxylic acid groups (broad SMARTS) is 2. The molecule has 14 heteroatoms. The zero-order valence-corrected chi connectivity index (χ0v) is 28.1. The molecule has 0 aliphatic rings. The van der Waals surface area contributed by atoms with E-state index in [-0.39, 0.29) is 24.5 Å². The maximum atomic E-state index is 13.2. The number of carbonyl (C=O) groups excluding carboxylic acids is 2. The number of rotatable bonds is 15. The predicted octanol–water partition coefficient (Wildman–Crippen LogP) is 2.95. The van der Waals surface area contributed by atoms with Crippen molar-refractivity contribution in [1.82, 2.24) is 20.6 Å². The van der Waals surface area contributed by atoms with Crippen LogP contribution in [0.5, 0.6) is 0 Å². The molecule has 50 heavy (non-hydrogen) atoms. The molecule has 0 saturated carbocycles. The number of aryl methyl sites for hydroxylation is 2. The highest BCUT2D eigenvalue weighted by molar-refractivity contribution is 6.05. The van der Waals surface area contributed by atoms with Crippen LogP contribution < -0.4 is 21.3 Å². The molecule has 0 bridgehead atoms. The maximum absolute atomic E-state index is 13.2. The van der Waals surface area contributed by atoms with Crippen molar-refractivity contribution < 1.29 is 39.6 Å². The van der Waals surface area contributed by atoms with Gasteiger partial charge in [-0.3, -0.25) is 39.8 Å². The van der Waals surface area contributed by atoms with Crippen molar-refractivity contribution in [1.29, 1.82) is 0 Å². The monoisotopic (exact) mass is 684 g/mol. The van der Waals surface area contributed by atoms with Crippen LogP contribution in [0, 0.1) is 27.7 Å². The molecule has 2 aromatic carbocycles. The summed E-state index contributed by atoms with van der Waals surface area (Å²) in [6, 6.07) is 12.0. The number of aliphatic hydroxyl groups excluding tert-OH is 2. The van der Waals surface area contributed by atoms with Crippen LogP contribution in [-0.2, 0) is 22.7 Å². The number of carbonyl (C=O) groups is 4. The lowest BCUT2D eigenvalue weighted by Crippen LogP contribution is -2.39. The average molecular weight is 685 g/mol. The summed E-state index contributed by atoms with van der Waals surface area (Å²) in [4.78, 5) is 57.3. The molecule has 262 valence electrons. The summed E-state index contributed by atoms with van der Waals surface area (Å²) < 4.78 is 0. The number of aromatic nitrogens is 2. The Morgan fingerprint density at radius 1 is 0.640 bits per heavy atom. The van der Waals surface area contributed by atoms with Gasteiger partial charge >= 0.3 is 11.9 Å². The molecular formula is C36H40N6O8. The van der Waals surface area contributed by atoms with Gasteiger partial charge in [-0.2, -0.15) is 0 Å². The molecule has 2 atom stereocenters. The Morgan fingerprint density at radius 3 is 1.34 bits per heavy atom. The molecule has 2 aromatic heterocycles. The van der Waals surface area contributed by atoms with E-state index in [1.807, 2.05) is 38.1 Å². The number of aliphatic carboxylic acids is 2. The fourth-order valence-corrected chi connectivity index (χ4v) is 5.21. The van der Waals surface area contributed by atoms with Gasteiger partial charge in [-0.1, -0.05) is 24.3 Å². The van der Waals surface area contributed by atoms with Gasteiger partial charge in [0.1, 0.15) is 23.5 Å². The van der Waals surface area contributed by atoms with Crippen molar-refractivity contribution in [3.8, 4) is 11.1 Å². The van der Waals surface area contributed by atoms with Crippen LogP contribution in [0.2, 0.25) is 0 Å². The summed E-state index contributed by atoms with van der Waals surface area (Å²) in [5.41, 5.74) is 7.59. The largest absolute Gasteiger partial charge is 0.480 e. The van der Waals surface area contributed by atoms with Crippen LogP contribution in [0.25, 0.3) is 11.1 Å². The number of carboxylic acids is 2. The number of aliphatic hydroxyl groups is 2. The summed E-state index contributed by atoms with van der Waals surface area (Å²) in [7, 11) is 0. The van der Waals surface area contributed by atoms with Gasteiger partial charge in [0.15, 0.2) is 0 Å². The van der Waals surface area contributed by atoms with Gasteiger partial charge in [0.2, 0.25) is 0 Å². The second-order valence-electron chi connectivity index (χ2n) is 11.8. The number of nitrogens with zero attached hydrogens (tertiary/aromatic N) is 2. The zero-order valence-electron chi connectivity index (χ0n) is 28.1. The van der Waals surface area contributed by atoms with E-state index >= 15 is 0 Å². The van der Waals surface area contributed by atoms with E-state index in [0.717, 1.165) is 33.4 Å². The van der Waals surface area contributed by atoms with Crippen LogP contribution in [0.15, 0.2) is 60.9 Å². The van der Waals surface area contributed by atoms with Crippen LogP contribution in [-0.4, -0.2) is 79.4 Å². The normalized spacial score (nSPS) is 12.2. The fourth-order valence-electron chi connectivity index (χ4n) is 5.21. The zero-order chi connectivity index (χ0) is 36.5.